The van der Waals surface area contributed by atoms with E-state index in [1.165, 1.54) is 0 Å². The molecule has 2 aromatic carbocycles. The Labute approximate surface area is 166 Å². The van der Waals surface area contributed by atoms with Crippen molar-refractivity contribution in [1.82, 2.24) is 4.57 Å². The fraction of sp³-hybridized carbons (Fsp3) is 0.182. The van der Waals surface area contributed by atoms with Crippen molar-refractivity contribution in [2.45, 2.75) is 25.8 Å². The van der Waals surface area contributed by atoms with Crippen LogP contribution < -0.4 is 5.32 Å². The molecule has 4 nitrogen and oxygen atoms in total. The zero-order valence-electron chi connectivity index (χ0n) is 14.9. The standard InChI is InChI=1S/C22H19BrN2O2/c1-14-13-16(23)7-8-18(14)24-22(27)17-11-12-25-19(17)9-10-20(25)21(26)15-5-3-2-4-6-15/h2-10,13,17H,11-12H2,1H3,(H,24,27)/t17-/m0/s1. The molecule has 1 aliphatic heterocycles. The van der Waals surface area contributed by atoms with Crippen LogP contribution in [-0.2, 0) is 11.3 Å². The number of aromatic nitrogens is 1. The van der Waals surface area contributed by atoms with Crippen molar-refractivity contribution in [2.24, 2.45) is 0 Å². The largest absolute Gasteiger partial charge is 0.341 e. The number of fused-ring (bicyclic) bond motifs is 1. The molecule has 3 aromatic rings. The van der Waals surface area contributed by atoms with E-state index in [4.69, 9.17) is 0 Å². The second-order valence-electron chi connectivity index (χ2n) is 6.78. The highest BCUT2D eigenvalue weighted by atomic mass is 79.9. The summed E-state index contributed by atoms with van der Waals surface area (Å²) < 4.78 is 2.96. The van der Waals surface area contributed by atoms with Crippen molar-refractivity contribution in [3.05, 3.63) is 87.7 Å². The molecule has 0 unspecified atom stereocenters. The minimum absolute atomic E-state index is 0.00772. The van der Waals surface area contributed by atoms with Gasteiger partial charge in [-0.2, -0.15) is 0 Å². The van der Waals surface area contributed by atoms with E-state index in [2.05, 4.69) is 21.2 Å². The number of ketones is 1. The van der Waals surface area contributed by atoms with Crippen LogP contribution in [0.15, 0.2) is 65.1 Å². The van der Waals surface area contributed by atoms with Gasteiger partial charge in [0.15, 0.2) is 0 Å². The Kier molecular flexibility index (Phi) is 4.70. The molecule has 1 amide bonds. The van der Waals surface area contributed by atoms with Crippen LogP contribution in [0, 0.1) is 6.92 Å². The highest BCUT2D eigenvalue weighted by Crippen LogP contribution is 2.33. The highest BCUT2D eigenvalue weighted by Gasteiger charge is 2.32. The Morgan fingerprint density at radius 1 is 1.07 bits per heavy atom. The molecule has 2 heterocycles. The average molecular weight is 423 g/mol. The summed E-state index contributed by atoms with van der Waals surface area (Å²) in [7, 11) is 0. The lowest BCUT2D eigenvalue weighted by Gasteiger charge is -2.13. The molecule has 0 radical (unpaired) electrons. The van der Waals surface area contributed by atoms with E-state index in [0.717, 1.165) is 21.4 Å². The predicted molar refractivity (Wildman–Crippen MR) is 109 cm³/mol. The molecule has 1 aromatic heterocycles. The summed E-state index contributed by atoms with van der Waals surface area (Å²) in [5.74, 6) is -0.284. The quantitative estimate of drug-likeness (QED) is 0.606. The van der Waals surface area contributed by atoms with Gasteiger partial charge in [0.1, 0.15) is 0 Å². The van der Waals surface area contributed by atoms with Crippen LogP contribution >= 0.6 is 15.9 Å². The van der Waals surface area contributed by atoms with Crippen molar-refractivity contribution < 1.29 is 9.59 Å². The van der Waals surface area contributed by atoms with Gasteiger partial charge in [0.05, 0.1) is 11.6 Å². The molecule has 136 valence electrons. The Bertz CT molecular complexity index is 1020. The zero-order chi connectivity index (χ0) is 19.0. The maximum atomic E-state index is 12.8. The molecule has 1 aliphatic rings. The fourth-order valence-corrected chi connectivity index (χ4v) is 4.11. The van der Waals surface area contributed by atoms with Crippen molar-refractivity contribution in [3.63, 3.8) is 0 Å². The van der Waals surface area contributed by atoms with Crippen molar-refractivity contribution in [2.75, 3.05) is 5.32 Å². The van der Waals surface area contributed by atoms with E-state index in [1.54, 1.807) is 0 Å². The number of anilines is 1. The first-order chi connectivity index (χ1) is 13.0. The second-order valence-corrected chi connectivity index (χ2v) is 7.70. The number of hydrogen-bond acceptors (Lipinski definition) is 2. The number of amides is 1. The van der Waals surface area contributed by atoms with Gasteiger partial charge in [-0.25, -0.2) is 0 Å². The number of rotatable bonds is 4. The van der Waals surface area contributed by atoms with Gasteiger partial charge in [-0.3, -0.25) is 9.59 Å². The summed E-state index contributed by atoms with van der Waals surface area (Å²) >= 11 is 3.44. The Hall–Kier alpha value is -2.66. The van der Waals surface area contributed by atoms with E-state index in [9.17, 15) is 9.59 Å². The van der Waals surface area contributed by atoms with E-state index >= 15 is 0 Å². The minimum Gasteiger partial charge on any atom is -0.341 e. The number of benzene rings is 2. The third-order valence-electron chi connectivity index (χ3n) is 5.04. The molecule has 0 saturated carbocycles. The van der Waals surface area contributed by atoms with E-state index < -0.39 is 0 Å². The van der Waals surface area contributed by atoms with Crippen molar-refractivity contribution >= 4 is 33.3 Å². The molecule has 0 saturated heterocycles. The number of nitrogens with one attached hydrogen (secondary N) is 1. The number of nitrogens with zero attached hydrogens (tertiary/aromatic N) is 1. The summed E-state index contributed by atoms with van der Waals surface area (Å²) in [5, 5.41) is 3.03. The van der Waals surface area contributed by atoms with Crippen LogP contribution in [0.3, 0.4) is 0 Å². The van der Waals surface area contributed by atoms with Crippen molar-refractivity contribution in [3.8, 4) is 0 Å². The van der Waals surface area contributed by atoms with Gasteiger partial charge in [-0.15, -0.1) is 0 Å². The SMILES string of the molecule is Cc1cc(Br)ccc1NC(=O)[C@H]1CCn2c(C(=O)c3ccccc3)ccc21. The number of carbonyl (C=O) groups excluding carboxylic acids is 2. The molecule has 1 atom stereocenters. The normalized spacial score (nSPS) is 15.4. The van der Waals surface area contributed by atoms with E-state index in [-0.39, 0.29) is 17.6 Å². The lowest BCUT2D eigenvalue weighted by Crippen LogP contribution is -2.20. The van der Waals surface area contributed by atoms with Crippen LogP contribution in [0.1, 0.15) is 39.6 Å². The molecule has 0 fully saturated rings. The summed E-state index contributed by atoms with van der Waals surface area (Å²) in [6, 6.07) is 18.8. The minimum atomic E-state index is -0.245. The Morgan fingerprint density at radius 2 is 1.85 bits per heavy atom. The predicted octanol–water partition coefficient (Wildman–Crippen LogP) is 4.92. The fourth-order valence-electron chi connectivity index (χ4n) is 3.63. The van der Waals surface area contributed by atoms with Crippen LogP contribution in [0.2, 0.25) is 0 Å². The topological polar surface area (TPSA) is 51.1 Å². The average Bonchev–Trinajstić information content (AvgIpc) is 3.26. The van der Waals surface area contributed by atoms with Gasteiger partial charge in [0.25, 0.3) is 0 Å². The first-order valence-corrected chi connectivity index (χ1v) is 9.70. The number of carbonyl (C=O) groups is 2. The van der Waals surface area contributed by atoms with Crippen LogP contribution in [-0.4, -0.2) is 16.3 Å². The lowest BCUT2D eigenvalue weighted by atomic mass is 10.0. The zero-order valence-corrected chi connectivity index (χ0v) is 16.5. The molecule has 1 N–H and O–H groups in total. The van der Waals surface area contributed by atoms with Gasteiger partial charge in [0, 0.05) is 28.0 Å². The van der Waals surface area contributed by atoms with Crippen LogP contribution in [0.25, 0.3) is 0 Å². The lowest BCUT2D eigenvalue weighted by molar-refractivity contribution is -0.117. The molecule has 0 spiro atoms. The summed E-state index contributed by atoms with van der Waals surface area (Å²) in [6.07, 6.45) is 0.701. The maximum Gasteiger partial charge on any atom is 0.233 e. The number of halogens is 1. The van der Waals surface area contributed by atoms with Crippen molar-refractivity contribution in [1.29, 1.82) is 0 Å². The third-order valence-corrected chi connectivity index (χ3v) is 5.54. The molecule has 5 heteroatoms. The van der Waals surface area contributed by atoms with Crippen LogP contribution in [0.5, 0.6) is 0 Å². The van der Waals surface area contributed by atoms with Gasteiger partial charge in [0.2, 0.25) is 11.7 Å². The molecular weight excluding hydrogens is 404 g/mol. The van der Waals surface area contributed by atoms with Gasteiger partial charge in [-0.1, -0.05) is 46.3 Å². The summed E-state index contributed by atoms with van der Waals surface area (Å²) in [5.41, 5.74) is 4.03. The molecule has 4 rings (SSSR count). The highest BCUT2D eigenvalue weighted by molar-refractivity contribution is 9.10. The third kappa shape index (κ3) is 3.35. The second kappa shape index (κ2) is 7.16. The maximum absolute atomic E-state index is 12.8. The molecule has 0 bridgehead atoms. The van der Waals surface area contributed by atoms with E-state index in [1.807, 2.05) is 72.2 Å². The number of aryl methyl sites for hydroxylation is 1. The Balaban J connectivity index is 1.57. The van der Waals surface area contributed by atoms with Gasteiger partial charge < -0.3 is 9.88 Å². The van der Waals surface area contributed by atoms with Gasteiger partial charge >= 0.3 is 0 Å². The summed E-state index contributed by atoms with van der Waals surface area (Å²) in [4.78, 5) is 25.6. The smallest absolute Gasteiger partial charge is 0.233 e. The first kappa shape index (κ1) is 17.7. The molecule has 27 heavy (non-hydrogen) atoms. The van der Waals surface area contributed by atoms with E-state index in [0.29, 0.717) is 24.2 Å². The van der Waals surface area contributed by atoms with Crippen LogP contribution in [0.4, 0.5) is 5.69 Å². The molecular formula is C22H19BrN2O2. The first-order valence-electron chi connectivity index (χ1n) is 8.91. The number of hydrogen-bond donors (Lipinski definition) is 1. The van der Waals surface area contributed by atoms with Gasteiger partial charge in [-0.05, 0) is 49.2 Å². The Morgan fingerprint density at radius 3 is 2.59 bits per heavy atom. The summed E-state index contributed by atoms with van der Waals surface area (Å²) in [6.45, 7) is 2.64. The molecule has 0 aliphatic carbocycles. The monoisotopic (exact) mass is 422 g/mol.